The molecule has 3 atom stereocenters. The molecule has 1 aromatic heterocycles. The number of nitrogens with zero attached hydrogens (tertiary/aromatic N) is 5. The minimum absolute atomic E-state index is 0.0282. The van der Waals surface area contributed by atoms with Crippen molar-refractivity contribution in [3.63, 3.8) is 0 Å². The molecule has 0 aliphatic carbocycles. The Bertz CT molecular complexity index is 821. The van der Waals surface area contributed by atoms with E-state index in [0.29, 0.717) is 24.1 Å². The van der Waals surface area contributed by atoms with Gasteiger partial charge in [-0.25, -0.2) is 15.0 Å². The third-order valence-electron chi connectivity index (χ3n) is 6.33. The SMILES string of the molecule is C[C@H]1CN(Cc2ncccn2)C[C@@H]1C1=NN2C(=CNC2C2CCOCC2)C(=O)N1. The number of ether oxygens (including phenoxy) is 1. The lowest BCUT2D eigenvalue weighted by molar-refractivity contribution is -0.118. The molecule has 2 N–H and O–H groups in total. The minimum Gasteiger partial charge on any atom is -0.381 e. The second-order valence-corrected chi connectivity index (χ2v) is 8.32. The quantitative estimate of drug-likeness (QED) is 0.763. The molecule has 1 aromatic rings. The summed E-state index contributed by atoms with van der Waals surface area (Å²) in [5.41, 5.74) is 0.602. The van der Waals surface area contributed by atoms with Gasteiger partial charge in [-0.1, -0.05) is 6.92 Å². The third-order valence-corrected chi connectivity index (χ3v) is 6.33. The summed E-state index contributed by atoms with van der Waals surface area (Å²) in [4.78, 5) is 23.8. The summed E-state index contributed by atoms with van der Waals surface area (Å²) < 4.78 is 5.50. The van der Waals surface area contributed by atoms with Crippen LogP contribution in [0.2, 0.25) is 0 Å². The average Bonchev–Trinajstić information content (AvgIpc) is 3.33. The van der Waals surface area contributed by atoms with Crippen LogP contribution >= 0.6 is 0 Å². The lowest BCUT2D eigenvalue weighted by Gasteiger charge is -2.36. The monoisotopic (exact) mass is 397 g/mol. The van der Waals surface area contributed by atoms with E-state index in [1.165, 1.54) is 0 Å². The van der Waals surface area contributed by atoms with Crippen LogP contribution in [0.15, 0.2) is 35.5 Å². The van der Waals surface area contributed by atoms with Gasteiger partial charge in [0.1, 0.15) is 23.5 Å². The molecular formula is C20H27N7O2. The number of hydrogen-bond acceptors (Lipinski definition) is 8. The zero-order chi connectivity index (χ0) is 19.8. The van der Waals surface area contributed by atoms with Crippen LogP contribution in [0.5, 0.6) is 0 Å². The number of carbonyl (C=O) groups excluding carboxylic acids is 1. The van der Waals surface area contributed by atoms with E-state index in [2.05, 4.69) is 32.4 Å². The van der Waals surface area contributed by atoms with E-state index in [-0.39, 0.29) is 18.0 Å². The van der Waals surface area contributed by atoms with Gasteiger partial charge in [-0.15, -0.1) is 0 Å². The van der Waals surface area contributed by atoms with Crippen LogP contribution in [0.1, 0.15) is 25.6 Å². The Kier molecular flexibility index (Phi) is 4.92. The highest BCUT2D eigenvalue weighted by molar-refractivity contribution is 6.08. The molecule has 0 spiro atoms. The molecule has 4 aliphatic rings. The van der Waals surface area contributed by atoms with Gasteiger partial charge in [0.25, 0.3) is 5.91 Å². The average molecular weight is 397 g/mol. The van der Waals surface area contributed by atoms with Crippen LogP contribution < -0.4 is 10.6 Å². The number of hydrogen-bond donors (Lipinski definition) is 2. The summed E-state index contributed by atoms with van der Waals surface area (Å²) in [6, 6.07) is 1.83. The standard InChI is InChI=1S/C20H27N7O2/c1-13-10-26(12-17-21-5-2-6-22-17)11-15(13)18-24-20(28)16-9-23-19(27(16)25-18)14-3-7-29-8-4-14/h2,5-6,9,13-15,19,23H,3-4,7-8,10-12H2,1H3,(H,24,25,28)/t13-,15-,19?/m0/s1. The van der Waals surface area contributed by atoms with Crippen molar-refractivity contribution in [1.29, 1.82) is 0 Å². The van der Waals surface area contributed by atoms with E-state index in [4.69, 9.17) is 9.84 Å². The zero-order valence-electron chi connectivity index (χ0n) is 16.6. The zero-order valence-corrected chi connectivity index (χ0v) is 16.6. The van der Waals surface area contributed by atoms with Gasteiger partial charge in [-0.2, -0.15) is 5.10 Å². The van der Waals surface area contributed by atoms with Gasteiger partial charge < -0.3 is 15.4 Å². The summed E-state index contributed by atoms with van der Waals surface area (Å²) in [6.45, 7) is 6.23. The number of hydrazone groups is 1. The molecule has 2 fully saturated rings. The van der Waals surface area contributed by atoms with Crippen LogP contribution in [-0.4, -0.2) is 64.1 Å². The fraction of sp³-hybridized carbons (Fsp3) is 0.600. The first-order chi connectivity index (χ1) is 14.2. The molecule has 29 heavy (non-hydrogen) atoms. The maximum atomic E-state index is 12.8. The molecule has 4 aliphatic heterocycles. The van der Waals surface area contributed by atoms with Gasteiger partial charge >= 0.3 is 0 Å². The van der Waals surface area contributed by atoms with Crippen molar-refractivity contribution in [3.8, 4) is 0 Å². The Morgan fingerprint density at radius 2 is 2.00 bits per heavy atom. The molecule has 0 radical (unpaired) electrons. The van der Waals surface area contributed by atoms with E-state index in [0.717, 1.165) is 50.8 Å². The first-order valence-corrected chi connectivity index (χ1v) is 10.4. The smallest absolute Gasteiger partial charge is 0.276 e. The maximum absolute atomic E-state index is 12.8. The molecule has 2 saturated heterocycles. The van der Waals surface area contributed by atoms with E-state index in [9.17, 15) is 4.79 Å². The summed E-state index contributed by atoms with van der Waals surface area (Å²) in [6.07, 6.45) is 7.33. The fourth-order valence-corrected chi connectivity index (χ4v) is 4.76. The summed E-state index contributed by atoms with van der Waals surface area (Å²) in [7, 11) is 0. The number of fused-ring (bicyclic) bond motifs is 1. The maximum Gasteiger partial charge on any atom is 0.276 e. The first-order valence-electron chi connectivity index (χ1n) is 10.4. The normalized spacial score (nSPS) is 30.4. The van der Waals surface area contributed by atoms with Crippen molar-refractivity contribution in [2.75, 3.05) is 26.3 Å². The Labute approximate surface area is 170 Å². The number of aromatic nitrogens is 2. The Balaban J connectivity index is 1.32. The Hall–Kier alpha value is -2.52. The largest absolute Gasteiger partial charge is 0.381 e. The molecule has 5 heterocycles. The van der Waals surface area contributed by atoms with Crippen LogP contribution in [0, 0.1) is 17.8 Å². The molecule has 0 saturated carbocycles. The number of rotatable bonds is 4. The lowest BCUT2D eigenvalue weighted by atomic mass is 9.95. The van der Waals surface area contributed by atoms with Crippen molar-refractivity contribution in [1.82, 2.24) is 30.5 Å². The molecule has 0 bridgehead atoms. The summed E-state index contributed by atoms with van der Waals surface area (Å²) >= 11 is 0. The highest BCUT2D eigenvalue weighted by Gasteiger charge is 2.42. The van der Waals surface area contributed by atoms with Crippen molar-refractivity contribution >= 4 is 11.7 Å². The van der Waals surface area contributed by atoms with E-state index in [1.54, 1.807) is 18.6 Å². The number of amides is 1. The van der Waals surface area contributed by atoms with Gasteiger partial charge in [0.15, 0.2) is 0 Å². The molecule has 1 amide bonds. The van der Waals surface area contributed by atoms with Gasteiger partial charge in [-0.05, 0) is 24.8 Å². The second-order valence-electron chi connectivity index (χ2n) is 8.32. The van der Waals surface area contributed by atoms with Crippen LogP contribution in [0.4, 0.5) is 0 Å². The van der Waals surface area contributed by atoms with E-state index >= 15 is 0 Å². The van der Waals surface area contributed by atoms with Gasteiger partial charge in [0.05, 0.1) is 6.54 Å². The van der Waals surface area contributed by atoms with Crippen molar-refractivity contribution in [2.24, 2.45) is 22.9 Å². The van der Waals surface area contributed by atoms with Crippen molar-refractivity contribution in [2.45, 2.75) is 32.5 Å². The van der Waals surface area contributed by atoms with Crippen molar-refractivity contribution in [3.05, 3.63) is 36.2 Å². The lowest BCUT2D eigenvalue weighted by Crippen LogP contribution is -2.51. The molecule has 5 rings (SSSR count). The molecule has 1 unspecified atom stereocenters. The number of likely N-dealkylation sites (tertiary alicyclic amines) is 1. The molecule has 0 aromatic carbocycles. The van der Waals surface area contributed by atoms with Crippen molar-refractivity contribution < 1.29 is 9.53 Å². The summed E-state index contributed by atoms with van der Waals surface area (Å²) in [5.74, 6) is 2.51. The number of amidine groups is 1. The third kappa shape index (κ3) is 3.60. The Morgan fingerprint density at radius 3 is 2.79 bits per heavy atom. The first kappa shape index (κ1) is 18.5. The summed E-state index contributed by atoms with van der Waals surface area (Å²) in [5, 5.41) is 13.2. The van der Waals surface area contributed by atoms with Crippen LogP contribution in [0.25, 0.3) is 0 Å². The molecule has 9 nitrogen and oxygen atoms in total. The molecule has 9 heteroatoms. The topological polar surface area (TPSA) is 95.0 Å². The van der Waals surface area contributed by atoms with Gasteiger partial charge in [0.2, 0.25) is 0 Å². The molecular weight excluding hydrogens is 370 g/mol. The van der Waals surface area contributed by atoms with E-state index in [1.807, 2.05) is 11.1 Å². The Morgan fingerprint density at radius 1 is 1.21 bits per heavy atom. The molecule has 154 valence electrons. The fourth-order valence-electron chi connectivity index (χ4n) is 4.76. The highest BCUT2D eigenvalue weighted by Crippen LogP contribution is 2.32. The predicted octanol–water partition coefficient (Wildman–Crippen LogP) is 0.487. The van der Waals surface area contributed by atoms with Crippen LogP contribution in [-0.2, 0) is 16.1 Å². The second kappa shape index (κ2) is 7.72. The number of carbonyl (C=O) groups is 1. The predicted molar refractivity (Wildman–Crippen MR) is 106 cm³/mol. The number of nitrogens with one attached hydrogen (secondary N) is 2. The van der Waals surface area contributed by atoms with Gasteiger partial charge in [-0.3, -0.25) is 9.69 Å². The minimum atomic E-state index is -0.0749. The van der Waals surface area contributed by atoms with Gasteiger partial charge in [0, 0.05) is 56.7 Å². The highest BCUT2D eigenvalue weighted by atomic mass is 16.5. The van der Waals surface area contributed by atoms with Crippen LogP contribution in [0.3, 0.4) is 0 Å². The van der Waals surface area contributed by atoms with E-state index < -0.39 is 0 Å².